The van der Waals surface area contributed by atoms with Crippen LogP contribution in [0.5, 0.6) is 0 Å². The molecule has 2 N–H and O–H groups in total. The topological polar surface area (TPSA) is 59.6 Å². The van der Waals surface area contributed by atoms with E-state index in [2.05, 4.69) is 78.4 Å². The molecule has 1 aliphatic heterocycles. The van der Waals surface area contributed by atoms with Crippen molar-refractivity contribution in [3.8, 4) is 0 Å². The Hall–Kier alpha value is -3.18. The summed E-state index contributed by atoms with van der Waals surface area (Å²) in [5.41, 5.74) is 10.9. The number of anilines is 2. The van der Waals surface area contributed by atoms with Gasteiger partial charge in [0.25, 0.3) is 0 Å². The van der Waals surface area contributed by atoms with Crippen LogP contribution in [0.15, 0.2) is 75.9 Å². The van der Waals surface area contributed by atoms with Crippen LogP contribution in [0.2, 0.25) is 0 Å². The lowest BCUT2D eigenvalue weighted by molar-refractivity contribution is 0.0587. The van der Waals surface area contributed by atoms with E-state index >= 15 is 0 Å². The van der Waals surface area contributed by atoms with Crippen molar-refractivity contribution in [2.24, 2.45) is 0 Å². The summed E-state index contributed by atoms with van der Waals surface area (Å²) in [6.45, 7) is 3.81. The van der Waals surface area contributed by atoms with Crippen molar-refractivity contribution < 1.29 is 16.8 Å². The third-order valence-corrected chi connectivity index (χ3v) is 6.83. The maximum atomic E-state index is 5.98. The largest absolute Gasteiger partial charge is 0.384 e. The lowest BCUT2D eigenvalue weighted by Crippen LogP contribution is -2.25. The summed E-state index contributed by atoms with van der Waals surface area (Å²) in [6, 6.07) is 23.2. The maximum absolute atomic E-state index is 5.98. The molecule has 0 spiro atoms. The average Bonchev–Trinajstić information content (AvgIpc) is 3.47. The first-order chi connectivity index (χ1) is 14.7. The average molecular weight is 405 g/mol. The normalized spacial score (nSPS) is 21.4. The van der Waals surface area contributed by atoms with Gasteiger partial charge in [0.1, 0.15) is 0 Å². The molecule has 0 saturated heterocycles. The van der Waals surface area contributed by atoms with E-state index in [-0.39, 0.29) is 13.7 Å². The molecule has 5 heteroatoms. The highest BCUT2D eigenvalue weighted by Gasteiger charge is 2.45. The molecule has 0 bridgehead atoms. The second-order valence-corrected chi connectivity index (χ2v) is 8.81. The summed E-state index contributed by atoms with van der Waals surface area (Å²) in [5.74, 6) is 0. The Balaban J connectivity index is 0.00000122. The van der Waals surface area contributed by atoms with Gasteiger partial charge in [-0.1, -0.05) is 36.4 Å². The van der Waals surface area contributed by atoms with Gasteiger partial charge in [0.2, 0.25) is 11.2 Å². The number of hydrogen-bond acceptors (Lipinski definition) is 5. The summed E-state index contributed by atoms with van der Waals surface area (Å²) in [6.07, 6.45) is 2.24. The molecule has 0 amide bonds. The number of nitrogens with one attached hydrogen (secondary N) is 2. The van der Waals surface area contributed by atoms with E-state index in [0.717, 1.165) is 36.2 Å². The third kappa shape index (κ3) is 2.73. The van der Waals surface area contributed by atoms with E-state index in [1.54, 1.807) is 0 Å². The number of hydrogen-bond donors (Lipinski definition) is 2. The van der Waals surface area contributed by atoms with Crippen LogP contribution in [0.25, 0.3) is 11.2 Å². The molecule has 1 aromatic heterocycles. The second-order valence-electron chi connectivity index (χ2n) is 8.81. The van der Waals surface area contributed by atoms with Gasteiger partial charge < -0.3 is 5.32 Å². The van der Waals surface area contributed by atoms with Crippen molar-refractivity contribution in [3.05, 3.63) is 83.4 Å². The third-order valence-electron chi connectivity index (χ3n) is 6.83. The summed E-state index contributed by atoms with van der Waals surface area (Å²) >= 11 is 0. The standard InChI is InChI=1S/C25H24N2O3.2H2/c1-24(17-5-3-2-4-6-17)15-26-21-9-8-19(14-20(21)24)27-28-16-25(11-12-25)18-7-10-22-23(13-18)30-29-22;;/h2-10,13-14,26-27H,11-12,15-16H2,1H3;2*1H. The molecule has 5 nitrogen and oxygen atoms in total. The molecule has 1 saturated carbocycles. The van der Waals surface area contributed by atoms with Crippen molar-refractivity contribution in [3.63, 3.8) is 0 Å². The first kappa shape index (κ1) is 17.7. The van der Waals surface area contributed by atoms with E-state index in [9.17, 15) is 0 Å². The van der Waals surface area contributed by atoms with Crippen molar-refractivity contribution in [1.82, 2.24) is 0 Å². The van der Waals surface area contributed by atoms with Gasteiger partial charge in [0, 0.05) is 25.9 Å². The van der Waals surface area contributed by atoms with E-state index in [0.29, 0.717) is 6.61 Å². The van der Waals surface area contributed by atoms with Crippen LogP contribution < -0.4 is 10.8 Å². The van der Waals surface area contributed by atoms with E-state index in [4.69, 9.17) is 14.0 Å². The van der Waals surface area contributed by atoms with Crippen LogP contribution in [-0.4, -0.2) is 13.2 Å². The SMILES string of the molecule is CC1(c2ccccc2)CNc2ccc(NOCC3(c4ccc5ooc5c4)CC3)cc21.[HH].[HH]. The highest BCUT2D eigenvalue weighted by atomic mass is 17.0. The molecule has 156 valence electrons. The molecule has 1 atom stereocenters. The summed E-state index contributed by atoms with van der Waals surface area (Å²) in [7, 11) is 0. The molecule has 1 fully saturated rings. The lowest BCUT2D eigenvalue weighted by atomic mass is 9.78. The Morgan fingerprint density at radius 1 is 0.967 bits per heavy atom. The fourth-order valence-electron chi connectivity index (χ4n) is 4.60. The van der Waals surface area contributed by atoms with Gasteiger partial charge in [-0.05, 0) is 66.8 Å². The first-order valence-corrected chi connectivity index (χ1v) is 10.5. The number of rotatable bonds is 6. The highest BCUT2D eigenvalue weighted by Crippen LogP contribution is 2.49. The van der Waals surface area contributed by atoms with Crippen molar-refractivity contribution in [1.29, 1.82) is 0 Å². The van der Waals surface area contributed by atoms with Crippen LogP contribution in [0, 0.1) is 0 Å². The molecular weight excluding hydrogens is 376 g/mol. The molecule has 2 aliphatic rings. The zero-order valence-electron chi connectivity index (χ0n) is 16.9. The molecule has 30 heavy (non-hydrogen) atoms. The van der Waals surface area contributed by atoms with Gasteiger partial charge >= 0.3 is 0 Å². The highest BCUT2D eigenvalue weighted by molar-refractivity contribution is 5.72. The Bertz CT molecular complexity index is 1220. The molecule has 6 rings (SSSR count). The fourth-order valence-corrected chi connectivity index (χ4v) is 4.60. The van der Waals surface area contributed by atoms with Gasteiger partial charge in [-0.15, -0.1) is 0 Å². The molecule has 0 radical (unpaired) electrons. The van der Waals surface area contributed by atoms with E-state index in [1.807, 2.05) is 6.07 Å². The van der Waals surface area contributed by atoms with Crippen LogP contribution in [-0.2, 0) is 15.7 Å². The molecule has 3 aromatic carbocycles. The molecular formula is C25H28N2O3. The smallest absolute Gasteiger partial charge is 0.225 e. The minimum absolute atomic E-state index is 0. The Kier molecular flexibility index (Phi) is 3.77. The summed E-state index contributed by atoms with van der Waals surface area (Å²) < 4.78 is 9.99. The Labute approximate surface area is 177 Å². The van der Waals surface area contributed by atoms with Crippen molar-refractivity contribution in [2.45, 2.75) is 30.6 Å². The van der Waals surface area contributed by atoms with Gasteiger partial charge in [-0.2, -0.15) is 0 Å². The zero-order chi connectivity index (χ0) is 20.2. The van der Waals surface area contributed by atoms with E-state index < -0.39 is 0 Å². The second kappa shape index (κ2) is 6.41. The molecule has 2 heterocycles. The van der Waals surface area contributed by atoms with Gasteiger partial charge in [-0.3, -0.25) is 19.5 Å². The molecule has 4 aromatic rings. The fraction of sp³-hybridized carbons (Fsp3) is 0.280. The Morgan fingerprint density at radius 3 is 2.53 bits per heavy atom. The summed E-state index contributed by atoms with van der Waals surface area (Å²) in [5, 5.41) is 3.55. The number of fused-ring (bicyclic) bond motifs is 2. The van der Waals surface area contributed by atoms with Crippen LogP contribution in [0.1, 0.15) is 39.3 Å². The van der Waals surface area contributed by atoms with Crippen molar-refractivity contribution >= 4 is 22.5 Å². The lowest BCUT2D eigenvalue weighted by Gasteiger charge is -2.25. The van der Waals surface area contributed by atoms with Crippen LogP contribution in [0.4, 0.5) is 11.4 Å². The number of benzene rings is 3. The van der Waals surface area contributed by atoms with Crippen molar-refractivity contribution in [2.75, 3.05) is 23.9 Å². The monoisotopic (exact) mass is 404 g/mol. The minimum atomic E-state index is -0.0556. The maximum Gasteiger partial charge on any atom is 0.225 e. The molecule has 1 unspecified atom stereocenters. The molecule has 1 aliphatic carbocycles. The Morgan fingerprint density at radius 2 is 1.80 bits per heavy atom. The predicted octanol–water partition coefficient (Wildman–Crippen LogP) is 6.32. The van der Waals surface area contributed by atoms with Gasteiger partial charge in [-0.25, -0.2) is 0 Å². The van der Waals surface area contributed by atoms with E-state index in [1.165, 1.54) is 22.4 Å². The minimum Gasteiger partial charge on any atom is -0.384 e. The van der Waals surface area contributed by atoms with Gasteiger partial charge in [0.15, 0.2) is 0 Å². The van der Waals surface area contributed by atoms with Crippen LogP contribution in [0.3, 0.4) is 0 Å². The zero-order valence-corrected chi connectivity index (χ0v) is 16.9. The van der Waals surface area contributed by atoms with Gasteiger partial charge in [0.05, 0.1) is 12.3 Å². The van der Waals surface area contributed by atoms with Crippen LogP contribution >= 0.6 is 0 Å². The summed E-state index contributed by atoms with van der Waals surface area (Å²) in [4.78, 5) is 5.98. The predicted molar refractivity (Wildman–Crippen MR) is 121 cm³/mol. The quantitative estimate of drug-likeness (QED) is 0.291. The first-order valence-electron chi connectivity index (χ1n) is 10.5.